The van der Waals surface area contributed by atoms with Crippen LogP contribution in [0.3, 0.4) is 0 Å². The van der Waals surface area contributed by atoms with Gasteiger partial charge < -0.3 is 0 Å². The Labute approximate surface area is 81.5 Å². The van der Waals surface area contributed by atoms with Crippen molar-refractivity contribution in [2.24, 2.45) is 0 Å². The quantitative estimate of drug-likeness (QED) is 0.537. The molecule has 0 aromatic rings. The number of carbonyl (C=O) groups is 4. The summed E-state index contributed by atoms with van der Waals surface area (Å²) >= 11 is -4.95. The van der Waals surface area contributed by atoms with Crippen LogP contribution in [0.1, 0.15) is 0 Å². The predicted molar refractivity (Wildman–Crippen MR) is 49.0 cm³/mol. The third kappa shape index (κ3) is 1.18. The van der Waals surface area contributed by atoms with Crippen LogP contribution in [0.4, 0.5) is 0 Å². The van der Waals surface area contributed by atoms with Crippen LogP contribution >= 0.6 is 0 Å². The van der Waals surface area contributed by atoms with Gasteiger partial charge in [0.15, 0.2) is 0 Å². The molecule has 0 radical (unpaired) electrons. The summed E-state index contributed by atoms with van der Waals surface area (Å²) in [5.74, 6) is 0. The number of hydrogen-bond donors (Lipinski definition) is 0. The summed E-state index contributed by atoms with van der Waals surface area (Å²) in [6.45, 7) is 0. The van der Waals surface area contributed by atoms with Gasteiger partial charge in [0.05, 0.1) is 0 Å². The molecule has 0 atom stereocenters. The van der Waals surface area contributed by atoms with Crippen molar-refractivity contribution in [1.82, 2.24) is 0 Å². The molecule has 0 aliphatic heterocycles. The fraction of sp³-hybridized carbons (Fsp3) is 0.111. The van der Waals surface area contributed by atoms with Crippen LogP contribution in [-0.4, -0.2) is 18.7 Å². The van der Waals surface area contributed by atoms with E-state index < -0.39 is 19.1 Å². The van der Waals surface area contributed by atoms with E-state index in [1.165, 1.54) is 0 Å². The SMILES string of the molecule is O=[CH][Mo]([CH]=O)([CH]=O)([CH]=O)[CH]1C=CC=C1. The molecule has 0 spiro atoms. The molecule has 1 aliphatic carbocycles. The molecular weight excluding hydrogens is 268 g/mol. The van der Waals surface area contributed by atoms with Crippen LogP contribution in [0.15, 0.2) is 24.3 Å². The van der Waals surface area contributed by atoms with Gasteiger partial charge in [-0.3, -0.25) is 0 Å². The third-order valence-corrected chi connectivity index (χ3v) is 10.5. The second-order valence-corrected chi connectivity index (χ2v) is 12.9. The Morgan fingerprint density at radius 2 is 1.14 bits per heavy atom. The number of rotatable bonds is 5. The van der Waals surface area contributed by atoms with Crippen molar-refractivity contribution in [3.05, 3.63) is 24.3 Å². The van der Waals surface area contributed by atoms with Crippen molar-refractivity contribution in [3.63, 3.8) is 0 Å². The minimum atomic E-state index is -4.95. The van der Waals surface area contributed by atoms with Gasteiger partial charge in [-0.05, 0) is 0 Å². The summed E-state index contributed by atoms with van der Waals surface area (Å²) < 4.78 is 0.529. The minimum absolute atomic E-state index is 0.289. The van der Waals surface area contributed by atoms with Gasteiger partial charge in [-0.2, -0.15) is 0 Å². The van der Waals surface area contributed by atoms with Gasteiger partial charge >= 0.3 is 81.3 Å². The first-order valence-corrected chi connectivity index (χ1v) is 9.58. The Balaban J connectivity index is 3.40. The molecule has 0 aromatic carbocycles. The van der Waals surface area contributed by atoms with Gasteiger partial charge in [-0.1, -0.05) is 0 Å². The molecule has 0 fully saturated rings. The van der Waals surface area contributed by atoms with Crippen molar-refractivity contribution in [1.29, 1.82) is 0 Å². The molecule has 0 heterocycles. The molecule has 5 heteroatoms. The molecule has 0 saturated carbocycles. The van der Waals surface area contributed by atoms with E-state index >= 15 is 0 Å². The summed E-state index contributed by atoms with van der Waals surface area (Å²) in [5, 5.41) is 0. The molecular formula is C9H9MoO4. The van der Waals surface area contributed by atoms with Gasteiger partial charge in [0.25, 0.3) is 0 Å². The average Bonchev–Trinajstić information content (AvgIpc) is 2.78. The second-order valence-electron chi connectivity index (χ2n) is 2.98. The monoisotopic (exact) mass is 279 g/mol. The zero-order valence-electron chi connectivity index (χ0n) is 7.24. The van der Waals surface area contributed by atoms with Gasteiger partial charge in [0.1, 0.15) is 0 Å². The van der Waals surface area contributed by atoms with Crippen LogP contribution in [0.5, 0.6) is 0 Å². The van der Waals surface area contributed by atoms with Crippen molar-refractivity contribution < 1.29 is 34.0 Å². The van der Waals surface area contributed by atoms with Gasteiger partial charge in [-0.15, -0.1) is 0 Å². The van der Waals surface area contributed by atoms with E-state index in [1.807, 2.05) is 0 Å². The van der Waals surface area contributed by atoms with Crippen molar-refractivity contribution in [3.8, 4) is 0 Å². The van der Waals surface area contributed by atoms with E-state index in [4.69, 9.17) is 0 Å². The van der Waals surface area contributed by atoms with E-state index in [2.05, 4.69) is 0 Å². The van der Waals surface area contributed by atoms with Crippen LogP contribution in [0.2, 0.25) is 4.31 Å². The summed E-state index contributed by atoms with van der Waals surface area (Å²) in [5.41, 5.74) is 0. The van der Waals surface area contributed by atoms with Gasteiger partial charge in [0.2, 0.25) is 0 Å². The molecule has 0 amide bonds. The molecule has 1 aliphatic rings. The first-order valence-electron chi connectivity index (χ1n) is 3.79. The molecule has 4 nitrogen and oxygen atoms in total. The Morgan fingerprint density at radius 3 is 1.43 bits per heavy atom. The maximum absolute atomic E-state index is 11.0. The predicted octanol–water partition coefficient (Wildman–Crippen LogP) is 0.351. The molecule has 0 unspecified atom stereocenters. The first-order chi connectivity index (χ1) is 6.67. The fourth-order valence-corrected chi connectivity index (χ4v) is 5.33. The van der Waals surface area contributed by atoms with E-state index in [0.29, 0.717) is 0 Å². The molecule has 0 bridgehead atoms. The Hall–Kier alpha value is -1.15. The Morgan fingerprint density at radius 1 is 0.786 bits per heavy atom. The van der Waals surface area contributed by atoms with Crippen molar-refractivity contribution in [2.45, 2.75) is 4.31 Å². The van der Waals surface area contributed by atoms with E-state index in [-0.39, 0.29) is 18.7 Å². The normalized spacial score (nSPS) is 18.4. The molecule has 0 aromatic heterocycles. The summed E-state index contributed by atoms with van der Waals surface area (Å²) in [7, 11) is 0. The average molecular weight is 277 g/mol. The summed E-state index contributed by atoms with van der Waals surface area (Å²) in [4.78, 5) is 43.8. The van der Waals surface area contributed by atoms with Gasteiger partial charge in [-0.25, -0.2) is 0 Å². The summed E-state index contributed by atoms with van der Waals surface area (Å²) in [6, 6.07) is 0. The number of carbonyl (C=O) groups excluding carboxylic acids is 4. The van der Waals surface area contributed by atoms with E-state index in [0.717, 1.165) is 0 Å². The number of hydrogen-bond acceptors (Lipinski definition) is 4. The molecule has 0 N–H and O–H groups in total. The molecule has 0 saturated heterocycles. The van der Waals surface area contributed by atoms with Crippen LogP contribution in [0, 0.1) is 0 Å². The van der Waals surface area contributed by atoms with Crippen LogP contribution in [-0.2, 0) is 34.0 Å². The Bertz CT molecular complexity index is 300. The van der Waals surface area contributed by atoms with Gasteiger partial charge in [0, 0.05) is 0 Å². The number of allylic oxidation sites excluding steroid dienone is 4. The zero-order valence-corrected chi connectivity index (χ0v) is 9.24. The topological polar surface area (TPSA) is 68.3 Å². The van der Waals surface area contributed by atoms with Crippen LogP contribution in [0.25, 0.3) is 0 Å². The summed E-state index contributed by atoms with van der Waals surface area (Å²) in [6.07, 6.45) is 6.33. The Kier molecular flexibility index (Phi) is 2.76. The molecule has 1 rings (SSSR count). The van der Waals surface area contributed by atoms with Crippen molar-refractivity contribution in [2.75, 3.05) is 0 Å². The first kappa shape index (κ1) is 10.9. The van der Waals surface area contributed by atoms with E-state index in [1.54, 1.807) is 24.3 Å². The standard InChI is InChI=1S/C5H5.4CHO.Mo/c1-2-4-5-3-1;4*1-2;/h1-5H;4*1H;. The van der Waals surface area contributed by atoms with E-state index in [9.17, 15) is 19.2 Å². The second kappa shape index (κ2) is 3.54. The van der Waals surface area contributed by atoms with Crippen LogP contribution < -0.4 is 0 Å². The third-order valence-electron chi connectivity index (χ3n) is 2.23. The zero-order chi connectivity index (χ0) is 10.7. The molecule has 14 heavy (non-hydrogen) atoms. The molecule has 75 valence electrons. The fourth-order valence-electron chi connectivity index (χ4n) is 1.17. The maximum atomic E-state index is 11.0. The van der Waals surface area contributed by atoms with Crippen molar-refractivity contribution >= 4 is 18.7 Å².